The minimum absolute atomic E-state index is 0.0728. The minimum atomic E-state index is -0.413. The zero-order valence-electron chi connectivity index (χ0n) is 15.7. The maximum Gasteiger partial charge on any atom is 0.275 e. The molecule has 2 N–H and O–H groups in total. The van der Waals surface area contributed by atoms with Gasteiger partial charge in [-0.15, -0.1) is 0 Å². The first kappa shape index (κ1) is 19.5. The number of aryl methyl sites for hydroxylation is 2. The smallest absolute Gasteiger partial charge is 0.275 e. The molecule has 0 aliphatic carbocycles. The first-order chi connectivity index (χ1) is 13.3. The fourth-order valence-electron chi connectivity index (χ4n) is 2.72. The van der Waals surface area contributed by atoms with Crippen LogP contribution in [0.25, 0.3) is 0 Å². The topological polar surface area (TPSA) is 84.0 Å². The van der Waals surface area contributed by atoms with Gasteiger partial charge in [0.15, 0.2) is 5.78 Å². The van der Waals surface area contributed by atoms with Crippen LogP contribution in [0, 0.1) is 13.8 Å². The number of anilines is 3. The normalized spacial score (nSPS) is 10.4. The highest BCUT2D eigenvalue weighted by molar-refractivity contribution is 6.33. The van der Waals surface area contributed by atoms with Gasteiger partial charge < -0.3 is 10.6 Å². The predicted molar refractivity (Wildman–Crippen MR) is 111 cm³/mol. The summed E-state index contributed by atoms with van der Waals surface area (Å²) in [5.41, 5.74) is 4.00. The molecular formula is C21H19ClN4O2. The summed E-state index contributed by atoms with van der Waals surface area (Å²) in [5, 5.41) is 6.43. The van der Waals surface area contributed by atoms with Gasteiger partial charge in [0.2, 0.25) is 0 Å². The first-order valence-electron chi connectivity index (χ1n) is 8.61. The fraction of sp³-hybridized carbons (Fsp3) is 0.143. The van der Waals surface area contributed by atoms with Crippen molar-refractivity contribution in [1.29, 1.82) is 0 Å². The standard InChI is InChI=1S/C21H19ClN4O2/c1-12-7-13(2)20(17(22)8-12)26-19-11-23-18(10-24-19)21(28)25-16-6-4-5-15(9-16)14(3)27/h4-11H,1-3H3,(H,24,26)(H,25,28). The molecule has 0 atom stereocenters. The number of ketones is 1. The van der Waals surface area contributed by atoms with Crippen molar-refractivity contribution in [1.82, 2.24) is 9.97 Å². The fourth-order valence-corrected chi connectivity index (χ4v) is 3.09. The monoisotopic (exact) mass is 394 g/mol. The zero-order chi connectivity index (χ0) is 20.3. The molecule has 1 amide bonds. The van der Waals surface area contributed by atoms with E-state index in [1.54, 1.807) is 24.3 Å². The zero-order valence-corrected chi connectivity index (χ0v) is 16.5. The van der Waals surface area contributed by atoms with Crippen molar-refractivity contribution in [2.24, 2.45) is 0 Å². The van der Waals surface area contributed by atoms with Gasteiger partial charge in [-0.2, -0.15) is 0 Å². The minimum Gasteiger partial charge on any atom is -0.338 e. The van der Waals surface area contributed by atoms with E-state index in [1.165, 1.54) is 19.3 Å². The van der Waals surface area contributed by atoms with Crippen LogP contribution in [0.3, 0.4) is 0 Å². The predicted octanol–water partition coefficient (Wildman–Crippen LogP) is 4.95. The summed E-state index contributed by atoms with van der Waals surface area (Å²) in [6.45, 7) is 5.40. The molecule has 0 spiro atoms. The molecule has 0 unspecified atom stereocenters. The molecule has 3 aromatic rings. The maximum absolute atomic E-state index is 12.4. The Balaban J connectivity index is 1.73. The molecule has 0 fully saturated rings. The number of aromatic nitrogens is 2. The van der Waals surface area contributed by atoms with Gasteiger partial charge in [-0.25, -0.2) is 9.97 Å². The van der Waals surface area contributed by atoms with Crippen LogP contribution >= 0.6 is 11.6 Å². The van der Waals surface area contributed by atoms with Crippen LogP contribution in [0.1, 0.15) is 38.9 Å². The highest BCUT2D eigenvalue weighted by Crippen LogP contribution is 2.29. The molecule has 0 aliphatic rings. The van der Waals surface area contributed by atoms with E-state index in [-0.39, 0.29) is 11.5 Å². The van der Waals surface area contributed by atoms with Crippen LogP contribution in [0.15, 0.2) is 48.8 Å². The number of carbonyl (C=O) groups excluding carboxylic acids is 2. The van der Waals surface area contributed by atoms with Crippen molar-refractivity contribution in [2.75, 3.05) is 10.6 Å². The van der Waals surface area contributed by atoms with Gasteiger partial charge in [0.1, 0.15) is 11.5 Å². The second-order valence-electron chi connectivity index (χ2n) is 6.44. The number of halogens is 1. The van der Waals surface area contributed by atoms with Crippen molar-refractivity contribution in [3.05, 3.63) is 76.2 Å². The average Bonchev–Trinajstić information content (AvgIpc) is 2.65. The number of carbonyl (C=O) groups is 2. The molecule has 7 heteroatoms. The third kappa shape index (κ3) is 4.53. The molecule has 1 heterocycles. The van der Waals surface area contributed by atoms with Crippen LogP contribution in [0.4, 0.5) is 17.2 Å². The average molecular weight is 395 g/mol. The molecular weight excluding hydrogens is 376 g/mol. The van der Waals surface area contributed by atoms with Gasteiger partial charge in [0, 0.05) is 11.3 Å². The Hall–Kier alpha value is -3.25. The molecule has 1 aromatic heterocycles. The Morgan fingerprint density at radius 2 is 1.82 bits per heavy atom. The number of hydrogen-bond donors (Lipinski definition) is 2. The molecule has 0 saturated carbocycles. The lowest BCUT2D eigenvalue weighted by Crippen LogP contribution is -2.14. The van der Waals surface area contributed by atoms with E-state index in [2.05, 4.69) is 20.6 Å². The van der Waals surface area contributed by atoms with E-state index in [1.807, 2.05) is 26.0 Å². The highest BCUT2D eigenvalue weighted by atomic mass is 35.5. The Morgan fingerprint density at radius 1 is 1.04 bits per heavy atom. The van der Waals surface area contributed by atoms with Gasteiger partial charge in [-0.3, -0.25) is 9.59 Å². The number of Topliss-reactive ketones (excluding diaryl/α,β-unsaturated/α-hetero) is 1. The second-order valence-corrected chi connectivity index (χ2v) is 6.85. The third-order valence-electron chi connectivity index (χ3n) is 4.10. The van der Waals surface area contributed by atoms with Crippen molar-refractivity contribution >= 4 is 40.5 Å². The van der Waals surface area contributed by atoms with Crippen molar-refractivity contribution in [3.8, 4) is 0 Å². The van der Waals surface area contributed by atoms with E-state index >= 15 is 0 Å². The molecule has 3 rings (SSSR count). The summed E-state index contributed by atoms with van der Waals surface area (Å²) in [4.78, 5) is 32.2. The summed E-state index contributed by atoms with van der Waals surface area (Å²) in [7, 11) is 0. The van der Waals surface area contributed by atoms with Gasteiger partial charge in [-0.1, -0.05) is 29.8 Å². The van der Waals surface area contributed by atoms with Crippen molar-refractivity contribution in [3.63, 3.8) is 0 Å². The number of benzene rings is 2. The molecule has 0 bridgehead atoms. The molecule has 142 valence electrons. The summed E-state index contributed by atoms with van der Waals surface area (Å²) in [5.74, 6) is -0.00958. The van der Waals surface area contributed by atoms with Crippen LogP contribution in [-0.4, -0.2) is 21.7 Å². The summed E-state index contributed by atoms with van der Waals surface area (Å²) < 4.78 is 0. The summed E-state index contributed by atoms with van der Waals surface area (Å²) in [6, 6.07) is 10.6. The Labute approximate surface area is 168 Å². The lowest BCUT2D eigenvalue weighted by atomic mass is 10.1. The Morgan fingerprint density at radius 3 is 2.46 bits per heavy atom. The number of hydrogen-bond acceptors (Lipinski definition) is 5. The Bertz CT molecular complexity index is 1030. The number of amides is 1. The van der Waals surface area contributed by atoms with Crippen LogP contribution in [0.2, 0.25) is 5.02 Å². The number of nitrogens with one attached hydrogen (secondary N) is 2. The lowest BCUT2D eigenvalue weighted by Gasteiger charge is -2.12. The van der Waals surface area contributed by atoms with Gasteiger partial charge in [-0.05, 0) is 50.1 Å². The number of nitrogens with zero attached hydrogens (tertiary/aromatic N) is 2. The third-order valence-corrected chi connectivity index (χ3v) is 4.39. The summed E-state index contributed by atoms with van der Waals surface area (Å²) >= 11 is 6.29. The molecule has 6 nitrogen and oxygen atoms in total. The number of rotatable bonds is 5. The Kier molecular flexibility index (Phi) is 5.70. The SMILES string of the molecule is CC(=O)c1cccc(NC(=O)c2cnc(Nc3c(C)cc(C)cc3Cl)cn2)c1. The summed E-state index contributed by atoms with van der Waals surface area (Å²) in [6.07, 6.45) is 2.85. The van der Waals surface area contributed by atoms with Crippen LogP contribution < -0.4 is 10.6 Å². The van der Waals surface area contributed by atoms with Crippen LogP contribution in [-0.2, 0) is 0 Å². The van der Waals surface area contributed by atoms with E-state index < -0.39 is 5.91 Å². The molecule has 0 aliphatic heterocycles. The van der Waals surface area contributed by atoms with Gasteiger partial charge >= 0.3 is 0 Å². The van der Waals surface area contributed by atoms with E-state index in [0.29, 0.717) is 22.1 Å². The second kappa shape index (κ2) is 8.19. The van der Waals surface area contributed by atoms with Gasteiger partial charge in [0.25, 0.3) is 5.91 Å². The molecule has 2 aromatic carbocycles. The maximum atomic E-state index is 12.4. The molecule has 0 saturated heterocycles. The van der Waals surface area contributed by atoms with E-state index in [9.17, 15) is 9.59 Å². The van der Waals surface area contributed by atoms with Crippen LogP contribution in [0.5, 0.6) is 0 Å². The van der Waals surface area contributed by atoms with E-state index in [0.717, 1.165) is 16.8 Å². The quantitative estimate of drug-likeness (QED) is 0.598. The lowest BCUT2D eigenvalue weighted by molar-refractivity contribution is 0.100. The van der Waals surface area contributed by atoms with Gasteiger partial charge in [0.05, 0.1) is 23.1 Å². The van der Waals surface area contributed by atoms with Crippen molar-refractivity contribution in [2.45, 2.75) is 20.8 Å². The first-order valence-corrected chi connectivity index (χ1v) is 8.99. The molecule has 0 radical (unpaired) electrons. The highest BCUT2D eigenvalue weighted by Gasteiger charge is 2.11. The van der Waals surface area contributed by atoms with Crippen molar-refractivity contribution < 1.29 is 9.59 Å². The largest absolute Gasteiger partial charge is 0.338 e. The molecule has 28 heavy (non-hydrogen) atoms. The van der Waals surface area contributed by atoms with E-state index in [4.69, 9.17) is 11.6 Å².